The second kappa shape index (κ2) is 10.3. The summed E-state index contributed by atoms with van der Waals surface area (Å²) in [7, 11) is 1.76. The van der Waals surface area contributed by atoms with Crippen molar-refractivity contribution in [2.24, 2.45) is 0 Å². The molecular formula is C25H26N2O3. The van der Waals surface area contributed by atoms with E-state index in [2.05, 4.69) is 0 Å². The zero-order chi connectivity index (χ0) is 21.3. The van der Waals surface area contributed by atoms with Crippen LogP contribution in [0, 0.1) is 0 Å². The van der Waals surface area contributed by atoms with Gasteiger partial charge in [-0.25, -0.2) is 0 Å². The van der Waals surface area contributed by atoms with Crippen LogP contribution in [-0.2, 0) is 11.2 Å². The Morgan fingerprint density at radius 2 is 1.70 bits per heavy atom. The Hall–Kier alpha value is -3.60. The number of amides is 1. The van der Waals surface area contributed by atoms with Crippen molar-refractivity contribution in [3.8, 4) is 5.75 Å². The van der Waals surface area contributed by atoms with Gasteiger partial charge in [0.15, 0.2) is 0 Å². The van der Waals surface area contributed by atoms with E-state index >= 15 is 0 Å². The van der Waals surface area contributed by atoms with Crippen LogP contribution in [0.25, 0.3) is 11.8 Å². The highest BCUT2D eigenvalue weighted by Gasteiger charge is 2.17. The molecule has 0 aliphatic rings. The SMILES string of the molecule is CCOc1ccc(/C=C(\C(=O)N(C)CCc2ccccc2)n2ccccc2=O)cc1. The van der Waals surface area contributed by atoms with Gasteiger partial charge in [-0.05, 0) is 48.7 Å². The zero-order valence-electron chi connectivity index (χ0n) is 17.3. The Bertz CT molecular complexity index is 1050. The Morgan fingerprint density at radius 3 is 2.37 bits per heavy atom. The fourth-order valence-corrected chi connectivity index (χ4v) is 3.08. The molecule has 3 aromatic rings. The van der Waals surface area contributed by atoms with E-state index < -0.39 is 0 Å². The highest BCUT2D eigenvalue weighted by molar-refractivity contribution is 6.18. The molecule has 5 nitrogen and oxygen atoms in total. The molecule has 0 aliphatic heterocycles. The van der Waals surface area contributed by atoms with Crippen LogP contribution in [0.1, 0.15) is 18.1 Å². The molecular weight excluding hydrogens is 376 g/mol. The van der Waals surface area contributed by atoms with Crippen molar-refractivity contribution in [2.75, 3.05) is 20.2 Å². The Kier molecular flexibility index (Phi) is 7.22. The van der Waals surface area contributed by atoms with Gasteiger partial charge in [0.25, 0.3) is 11.5 Å². The number of likely N-dealkylation sites (N-methyl/N-ethyl adjacent to an activating group) is 1. The van der Waals surface area contributed by atoms with Crippen LogP contribution in [-0.4, -0.2) is 35.6 Å². The number of pyridine rings is 1. The van der Waals surface area contributed by atoms with Gasteiger partial charge >= 0.3 is 0 Å². The summed E-state index contributed by atoms with van der Waals surface area (Å²) in [6.07, 6.45) is 4.09. The number of hydrogen-bond donors (Lipinski definition) is 0. The lowest BCUT2D eigenvalue weighted by atomic mass is 10.1. The first-order valence-corrected chi connectivity index (χ1v) is 10.0. The molecule has 0 N–H and O–H groups in total. The predicted octanol–water partition coefficient (Wildman–Crippen LogP) is 3.95. The third-order valence-electron chi connectivity index (χ3n) is 4.72. The minimum absolute atomic E-state index is 0.215. The molecule has 0 unspecified atom stereocenters. The number of hydrogen-bond acceptors (Lipinski definition) is 3. The van der Waals surface area contributed by atoms with Gasteiger partial charge in [-0.3, -0.25) is 14.2 Å². The van der Waals surface area contributed by atoms with Gasteiger partial charge in [0, 0.05) is 25.9 Å². The van der Waals surface area contributed by atoms with E-state index in [1.807, 2.05) is 61.5 Å². The van der Waals surface area contributed by atoms with E-state index in [9.17, 15) is 9.59 Å². The summed E-state index contributed by atoms with van der Waals surface area (Å²) in [6.45, 7) is 3.06. The van der Waals surface area contributed by atoms with E-state index in [-0.39, 0.29) is 11.5 Å². The van der Waals surface area contributed by atoms with Gasteiger partial charge in [-0.15, -0.1) is 0 Å². The minimum atomic E-state index is -0.250. The van der Waals surface area contributed by atoms with Crippen LogP contribution < -0.4 is 10.3 Å². The molecule has 154 valence electrons. The highest BCUT2D eigenvalue weighted by Crippen LogP contribution is 2.17. The van der Waals surface area contributed by atoms with Gasteiger partial charge in [-0.2, -0.15) is 0 Å². The molecule has 0 aliphatic carbocycles. The molecule has 0 radical (unpaired) electrons. The smallest absolute Gasteiger partial charge is 0.270 e. The van der Waals surface area contributed by atoms with Crippen LogP contribution in [0.15, 0.2) is 83.8 Å². The van der Waals surface area contributed by atoms with E-state index in [0.717, 1.165) is 23.3 Å². The fraction of sp³-hybridized carbons (Fsp3) is 0.200. The number of nitrogens with zero attached hydrogens (tertiary/aromatic N) is 2. The molecule has 5 heteroatoms. The quantitative estimate of drug-likeness (QED) is 0.536. The lowest BCUT2D eigenvalue weighted by molar-refractivity contribution is -0.124. The first-order valence-electron chi connectivity index (χ1n) is 10.0. The molecule has 1 heterocycles. The number of benzene rings is 2. The molecule has 0 atom stereocenters. The number of aromatic nitrogens is 1. The van der Waals surface area contributed by atoms with Crippen molar-refractivity contribution in [3.05, 3.63) is 100 Å². The van der Waals surface area contributed by atoms with Gasteiger partial charge < -0.3 is 9.64 Å². The van der Waals surface area contributed by atoms with Crippen molar-refractivity contribution in [3.63, 3.8) is 0 Å². The first-order chi connectivity index (χ1) is 14.6. The molecule has 1 amide bonds. The highest BCUT2D eigenvalue weighted by atomic mass is 16.5. The van der Waals surface area contributed by atoms with Crippen molar-refractivity contribution in [1.29, 1.82) is 0 Å². The normalized spacial score (nSPS) is 11.2. The summed E-state index contributed by atoms with van der Waals surface area (Å²) in [6, 6.07) is 22.3. The lowest BCUT2D eigenvalue weighted by Gasteiger charge is -2.20. The summed E-state index contributed by atoms with van der Waals surface area (Å²) >= 11 is 0. The second-order valence-corrected chi connectivity index (χ2v) is 6.90. The standard InChI is InChI=1S/C25H26N2O3/c1-3-30-22-14-12-21(13-15-22)19-23(27-17-8-7-11-24(27)28)25(29)26(2)18-16-20-9-5-4-6-10-20/h4-15,17,19H,3,16,18H2,1-2H3/b23-19+. The second-order valence-electron chi connectivity index (χ2n) is 6.90. The minimum Gasteiger partial charge on any atom is -0.494 e. The maximum atomic E-state index is 13.3. The molecule has 3 rings (SSSR count). The van der Waals surface area contributed by atoms with Crippen molar-refractivity contribution in [2.45, 2.75) is 13.3 Å². The van der Waals surface area contributed by atoms with Crippen molar-refractivity contribution in [1.82, 2.24) is 9.47 Å². The third kappa shape index (κ3) is 5.47. The van der Waals surface area contributed by atoms with Crippen molar-refractivity contribution >= 4 is 17.7 Å². The summed E-state index contributed by atoms with van der Waals surface area (Å²) in [5.74, 6) is 0.549. The Labute approximate surface area is 176 Å². The van der Waals surface area contributed by atoms with Crippen LogP contribution in [0.5, 0.6) is 5.75 Å². The third-order valence-corrected chi connectivity index (χ3v) is 4.72. The van der Waals surface area contributed by atoms with Crippen molar-refractivity contribution < 1.29 is 9.53 Å². The van der Waals surface area contributed by atoms with E-state index in [0.29, 0.717) is 18.8 Å². The van der Waals surface area contributed by atoms with Crippen LogP contribution in [0.3, 0.4) is 0 Å². The average molecular weight is 402 g/mol. The maximum Gasteiger partial charge on any atom is 0.270 e. The molecule has 0 bridgehead atoms. The molecule has 0 spiro atoms. The fourth-order valence-electron chi connectivity index (χ4n) is 3.08. The zero-order valence-corrected chi connectivity index (χ0v) is 17.3. The van der Waals surface area contributed by atoms with Gasteiger partial charge in [0.05, 0.1) is 6.61 Å². The van der Waals surface area contributed by atoms with Gasteiger partial charge in [0.1, 0.15) is 11.4 Å². The molecule has 0 fully saturated rings. The summed E-state index contributed by atoms with van der Waals surface area (Å²) in [4.78, 5) is 27.3. The summed E-state index contributed by atoms with van der Waals surface area (Å²) in [5, 5.41) is 0. The summed E-state index contributed by atoms with van der Waals surface area (Å²) < 4.78 is 6.86. The number of rotatable bonds is 8. The van der Waals surface area contributed by atoms with Gasteiger partial charge in [0.2, 0.25) is 0 Å². The van der Waals surface area contributed by atoms with E-state index in [1.165, 1.54) is 10.6 Å². The van der Waals surface area contributed by atoms with E-state index in [1.54, 1.807) is 36.4 Å². The molecule has 1 aromatic heterocycles. The molecule has 0 saturated carbocycles. The van der Waals surface area contributed by atoms with Gasteiger partial charge in [-0.1, -0.05) is 48.5 Å². The molecule has 2 aromatic carbocycles. The number of ether oxygens (including phenoxy) is 1. The number of carbonyl (C=O) groups excluding carboxylic acids is 1. The molecule has 0 saturated heterocycles. The Morgan fingerprint density at radius 1 is 1.00 bits per heavy atom. The first kappa shape index (κ1) is 21.1. The summed E-state index contributed by atoms with van der Waals surface area (Å²) in [5.41, 5.74) is 2.03. The van der Waals surface area contributed by atoms with Crippen LogP contribution in [0.2, 0.25) is 0 Å². The maximum absolute atomic E-state index is 13.3. The largest absolute Gasteiger partial charge is 0.494 e. The monoisotopic (exact) mass is 402 g/mol. The lowest BCUT2D eigenvalue weighted by Crippen LogP contribution is -2.33. The number of carbonyl (C=O) groups is 1. The Balaban J connectivity index is 1.88. The predicted molar refractivity (Wildman–Crippen MR) is 120 cm³/mol. The van der Waals surface area contributed by atoms with Crippen LogP contribution >= 0.6 is 0 Å². The topological polar surface area (TPSA) is 51.5 Å². The average Bonchev–Trinajstić information content (AvgIpc) is 2.78. The van der Waals surface area contributed by atoms with Crippen LogP contribution in [0.4, 0.5) is 0 Å². The molecule has 30 heavy (non-hydrogen) atoms. The van der Waals surface area contributed by atoms with E-state index in [4.69, 9.17) is 4.74 Å².